The molecule has 1 atom stereocenters. The Labute approximate surface area is 139 Å². The van der Waals surface area contributed by atoms with E-state index in [1.807, 2.05) is 35.2 Å². The monoisotopic (exact) mass is 329 g/mol. The van der Waals surface area contributed by atoms with Gasteiger partial charge < -0.3 is 9.64 Å². The molecule has 2 heterocycles. The van der Waals surface area contributed by atoms with Gasteiger partial charge in [0.1, 0.15) is 0 Å². The standard InChI is InChI=1S/C18H19NO3S/c1-22-17(21)13-11-18(13)6-8-19(9-7-18)16(20)15-10-12-4-2-3-5-14(12)23-15/h2-5,10,13H,6-9,11H2,1H3. The molecule has 1 aromatic carbocycles. The van der Waals surface area contributed by atoms with Crippen molar-refractivity contribution >= 4 is 33.3 Å². The van der Waals surface area contributed by atoms with Crippen molar-refractivity contribution in [2.24, 2.45) is 11.3 Å². The molecule has 1 amide bonds. The van der Waals surface area contributed by atoms with Crippen molar-refractivity contribution in [2.45, 2.75) is 19.3 Å². The normalized spacial score (nSPS) is 22.3. The minimum absolute atomic E-state index is 0.0501. The zero-order valence-electron chi connectivity index (χ0n) is 13.1. The van der Waals surface area contributed by atoms with Crippen LogP contribution in [0.2, 0.25) is 0 Å². The van der Waals surface area contributed by atoms with E-state index >= 15 is 0 Å². The van der Waals surface area contributed by atoms with Crippen molar-refractivity contribution in [3.05, 3.63) is 35.2 Å². The number of likely N-dealkylation sites (tertiary alicyclic amines) is 1. The maximum absolute atomic E-state index is 12.7. The van der Waals surface area contributed by atoms with E-state index in [1.165, 1.54) is 7.11 Å². The van der Waals surface area contributed by atoms with E-state index in [-0.39, 0.29) is 23.2 Å². The summed E-state index contributed by atoms with van der Waals surface area (Å²) in [7, 11) is 1.45. The number of benzene rings is 1. The third kappa shape index (κ3) is 2.43. The fourth-order valence-electron chi connectivity index (χ4n) is 3.77. The van der Waals surface area contributed by atoms with Gasteiger partial charge in [0.2, 0.25) is 0 Å². The highest BCUT2D eigenvalue weighted by Gasteiger charge is 2.59. The SMILES string of the molecule is COC(=O)C1CC12CCN(C(=O)c1cc3ccccc3s1)CC2. The zero-order chi connectivity index (χ0) is 16.0. The van der Waals surface area contributed by atoms with Crippen LogP contribution in [-0.4, -0.2) is 37.0 Å². The minimum Gasteiger partial charge on any atom is -0.469 e. The van der Waals surface area contributed by atoms with Crippen LogP contribution in [0.15, 0.2) is 30.3 Å². The van der Waals surface area contributed by atoms with Crippen LogP contribution in [0.5, 0.6) is 0 Å². The summed E-state index contributed by atoms with van der Waals surface area (Å²) in [5, 5.41) is 1.13. The molecule has 0 radical (unpaired) electrons. The molecule has 1 aliphatic carbocycles. The first kappa shape index (κ1) is 14.7. The third-order valence-electron chi connectivity index (χ3n) is 5.36. The number of methoxy groups -OCH3 is 1. The summed E-state index contributed by atoms with van der Waals surface area (Å²) in [5.74, 6) is 0.0830. The van der Waals surface area contributed by atoms with Gasteiger partial charge in [0.05, 0.1) is 17.9 Å². The number of thiophene rings is 1. The van der Waals surface area contributed by atoms with Crippen molar-refractivity contribution in [3.63, 3.8) is 0 Å². The molecule has 1 saturated heterocycles. The number of esters is 1. The van der Waals surface area contributed by atoms with Crippen LogP contribution in [-0.2, 0) is 9.53 Å². The minimum atomic E-state index is -0.0886. The van der Waals surface area contributed by atoms with Gasteiger partial charge in [0, 0.05) is 17.8 Å². The number of hydrogen-bond acceptors (Lipinski definition) is 4. The number of carbonyl (C=O) groups is 2. The highest BCUT2D eigenvalue weighted by atomic mass is 32.1. The highest BCUT2D eigenvalue weighted by Crippen LogP contribution is 2.59. The molecule has 0 bridgehead atoms. The van der Waals surface area contributed by atoms with Crippen molar-refractivity contribution in [3.8, 4) is 0 Å². The summed E-state index contributed by atoms with van der Waals surface area (Å²) >= 11 is 1.56. The van der Waals surface area contributed by atoms with Gasteiger partial charge in [0.15, 0.2) is 0 Å². The molecule has 1 spiro atoms. The van der Waals surface area contributed by atoms with E-state index in [4.69, 9.17) is 4.74 Å². The average Bonchev–Trinajstić information content (AvgIpc) is 3.10. The summed E-state index contributed by atoms with van der Waals surface area (Å²) in [5.41, 5.74) is 0.101. The predicted octanol–water partition coefficient (Wildman–Crippen LogP) is 3.32. The Balaban J connectivity index is 1.44. The van der Waals surface area contributed by atoms with Crippen LogP contribution in [0.3, 0.4) is 0 Å². The fraction of sp³-hybridized carbons (Fsp3) is 0.444. The van der Waals surface area contributed by atoms with Gasteiger partial charge in [-0.15, -0.1) is 11.3 Å². The zero-order valence-corrected chi connectivity index (χ0v) is 13.9. The molecule has 2 aliphatic rings. The second kappa shape index (κ2) is 5.34. The maximum atomic E-state index is 12.7. The summed E-state index contributed by atoms with van der Waals surface area (Å²) in [6.07, 6.45) is 2.73. The van der Waals surface area contributed by atoms with E-state index in [0.29, 0.717) is 0 Å². The predicted molar refractivity (Wildman–Crippen MR) is 89.5 cm³/mol. The van der Waals surface area contributed by atoms with Gasteiger partial charge in [-0.1, -0.05) is 18.2 Å². The smallest absolute Gasteiger partial charge is 0.309 e. The van der Waals surface area contributed by atoms with E-state index in [0.717, 1.165) is 47.3 Å². The van der Waals surface area contributed by atoms with Crippen molar-refractivity contribution in [1.29, 1.82) is 0 Å². The molecular formula is C18H19NO3S. The fourth-order valence-corrected chi connectivity index (χ4v) is 4.80. The van der Waals surface area contributed by atoms with Gasteiger partial charge in [-0.2, -0.15) is 0 Å². The molecule has 4 nitrogen and oxygen atoms in total. The molecule has 2 fully saturated rings. The molecule has 120 valence electrons. The second-order valence-corrected chi connectivity index (χ2v) is 7.67. The van der Waals surface area contributed by atoms with Crippen LogP contribution in [0.1, 0.15) is 28.9 Å². The maximum Gasteiger partial charge on any atom is 0.309 e. The lowest BCUT2D eigenvalue weighted by molar-refractivity contribution is -0.143. The van der Waals surface area contributed by atoms with Gasteiger partial charge in [-0.25, -0.2) is 0 Å². The number of carbonyl (C=O) groups excluding carboxylic acids is 2. The molecule has 1 saturated carbocycles. The first-order valence-corrected chi connectivity index (χ1v) is 8.80. The van der Waals surface area contributed by atoms with Gasteiger partial charge in [0.25, 0.3) is 5.91 Å². The van der Waals surface area contributed by atoms with Gasteiger partial charge in [-0.3, -0.25) is 9.59 Å². The Morgan fingerprint density at radius 1 is 1.26 bits per heavy atom. The molecule has 2 aromatic rings. The number of rotatable bonds is 2. The van der Waals surface area contributed by atoms with E-state index in [2.05, 4.69) is 0 Å². The summed E-state index contributed by atoms with van der Waals surface area (Å²) < 4.78 is 6.01. The number of piperidine rings is 1. The summed E-state index contributed by atoms with van der Waals surface area (Å²) in [4.78, 5) is 27.1. The average molecular weight is 329 g/mol. The lowest BCUT2D eigenvalue weighted by Crippen LogP contribution is -2.39. The number of ether oxygens (including phenoxy) is 1. The number of amides is 1. The van der Waals surface area contributed by atoms with Gasteiger partial charge in [-0.05, 0) is 42.2 Å². The molecule has 23 heavy (non-hydrogen) atoms. The number of hydrogen-bond donors (Lipinski definition) is 0. The lowest BCUT2D eigenvalue weighted by atomic mass is 9.90. The van der Waals surface area contributed by atoms with E-state index < -0.39 is 0 Å². The Kier molecular flexibility index (Phi) is 3.41. The quantitative estimate of drug-likeness (QED) is 0.794. The van der Waals surface area contributed by atoms with Crippen molar-refractivity contribution in [2.75, 3.05) is 20.2 Å². The number of fused-ring (bicyclic) bond motifs is 1. The number of nitrogens with zero attached hydrogens (tertiary/aromatic N) is 1. The Bertz CT molecular complexity index is 740. The van der Waals surface area contributed by atoms with E-state index in [1.54, 1.807) is 11.3 Å². The highest BCUT2D eigenvalue weighted by molar-refractivity contribution is 7.20. The van der Waals surface area contributed by atoms with Crippen LogP contribution < -0.4 is 0 Å². The van der Waals surface area contributed by atoms with Crippen LogP contribution in [0.25, 0.3) is 10.1 Å². The first-order valence-electron chi connectivity index (χ1n) is 7.99. The Morgan fingerprint density at radius 2 is 2.00 bits per heavy atom. The molecule has 0 N–H and O–H groups in total. The molecule has 1 aromatic heterocycles. The van der Waals surface area contributed by atoms with Crippen molar-refractivity contribution in [1.82, 2.24) is 4.90 Å². The second-order valence-electron chi connectivity index (χ2n) is 6.58. The third-order valence-corrected chi connectivity index (χ3v) is 6.46. The molecule has 1 aliphatic heterocycles. The van der Waals surface area contributed by atoms with Crippen LogP contribution in [0, 0.1) is 11.3 Å². The first-order chi connectivity index (χ1) is 11.1. The van der Waals surface area contributed by atoms with Crippen LogP contribution >= 0.6 is 11.3 Å². The molecule has 1 unspecified atom stereocenters. The topological polar surface area (TPSA) is 46.6 Å². The van der Waals surface area contributed by atoms with Gasteiger partial charge >= 0.3 is 5.97 Å². The Hall–Kier alpha value is -1.88. The summed E-state index contributed by atoms with van der Waals surface area (Å²) in [6.45, 7) is 1.47. The molecule has 4 rings (SSSR count). The summed E-state index contributed by atoms with van der Waals surface area (Å²) in [6, 6.07) is 10.1. The largest absolute Gasteiger partial charge is 0.469 e. The molecule has 5 heteroatoms. The van der Waals surface area contributed by atoms with Crippen molar-refractivity contribution < 1.29 is 14.3 Å². The van der Waals surface area contributed by atoms with E-state index in [9.17, 15) is 9.59 Å². The lowest BCUT2D eigenvalue weighted by Gasteiger charge is -2.32. The molecular weight excluding hydrogens is 310 g/mol. The van der Waals surface area contributed by atoms with Crippen LogP contribution in [0.4, 0.5) is 0 Å². The Morgan fingerprint density at radius 3 is 2.70 bits per heavy atom.